The lowest BCUT2D eigenvalue weighted by molar-refractivity contribution is 0.308. The van der Waals surface area contributed by atoms with Crippen molar-refractivity contribution < 1.29 is 0 Å². The van der Waals surface area contributed by atoms with Crippen LogP contribution in [0.3, 0.4) is 0 Å². The predicted octanol–water partition coefficient (Wildman–Crippen LogP) is 2.15. The van der Waals surface area contributed by atoms with Crippen molar-refractivity contribution in [1.82, 2.24) is 4.90 Å². The van der Waals surface area contributed by atoms with Crippen LogP contribution in [0.25, 0.3) is 0 Å². The highest BCUT2D eigenvalue weighted by Gasteiger charge is 1.99. The van der Waals surface area contributed by atoms with Crippen LogP contribution in [0.15, 0.2) is 12.7 Å². The number of hydrogen-bond donors (Lipinski definition) is 0. The molecular weight excluding hydrogens is 122 g/mol. The quantitative estimate of drug-likeness (QED) is 0.530. The molecule has 0 heterocycles. The monoisotopic (exact) mass is 141 g/mol. The molecular formula is C9H19N. The third-order valence-corrected chi connectivity index (χ3v) is 1.61. The summed E-state index contributed by atoms with van der Waals surface area (Å²) in [5.74, 6) is 0.622. The van der Waals surface area contributed by atoms with Crippen LogP contribution in [0.2, 0.25) is 0 Å². The summed E-state index contributed by atoms with van der Waals surface area (Å²) in [6.07, 6.45) is 3.24. The number of rotatable bonds is 5. The number of hydrogen-bond acceptors (Lipinski definition) is 1. The van der Waals surface area contributed by atoms with Crippen LogP contribution < -0.4 is 0 Å². The van der Waals surface area contributed by atoms with Gasteiger partial charge in [0.15, 0.2) is 0 Å². The average molecular weight is 141 g/mol. The van der Waals surface area contributed by atoms with Crippen LogP contribution in [0.1, 0.15) is 20.3 Å². The molecule has 10 heavy (non-hydrogen) atoms. The molecule has 0 aliphatic rings. The summed E-state index contributed by atoms with van der Waals surface area (Å²) in [6, 6.07) is 0. The Balaban J connectivity index is 3.36. The van der Waals surface area contributed by atoms with Crippen molar-refractivity contribution in [3.05, 3.63) is 12.7 Å². The first-order chi connectivity index (χ1) is 4.70. The summed E-state index contributed by atoms with van der Waals surface area (Å²) in [4.78, 5) is 2.34. The first-order valence-corrected chi connectivity index (χ1v) is 4.01. The van der Waals surface area contributed by atoms with E-state index in [1.807, 2.05) is 6.08 Å². The molecule has 60 valence electrons. The first-order valence-electron chi connectivity index (χ1n) is 4.01. The molecule has 0 spiro atoms. The number of nitrogens with zero attached hydrogens (tertiary/aromatic N) is 1. The molecule has 0 rings (SSSR count). The molecule has 0 aliphatic carbocycles. The Kier molecular flexibility index (Phi) is 5.32. The van der Waals surface area contributed by atoms with Crippen LogP contribution in [0, 0.1) is 5.92 Å². The predicted molar refractivity (Wildman–Crippen MR) is 47.1 cm³/mol. The summed E-state index contributed by atoms with van der Waals surface area (Å²) in [7, 11) is 2.16. The van der Waals surface area contributed by atoms with E-state index in [9.17, 15) is 0 Å². The molecule has 0 amide bonds. The van der Waals surface area contributed by atoms with E-state index in [1.165, 1.54) is 13.0 Å². The third-order valence-electron chi connectivity index (χ3n) is 1.61. The van der Waals surface area contributed by atoms with Crippen molar-refractivity contribution in [1.29, 1.82) is 0 Å². The lowest BCUT2D eigenvalue weighted by Gasteiger charge is -2.17. The van der Waals surface area contributed by atoms with Gasteiger partial charge in [-0.25, -0.2) is 0 Å². The van der Waals surface area contributed by atoms with E-state index in [2.05, 4.69) is 32.4 Å². The normalized spacial score (nSPS) is 13.6. The van der Waals surface area contributed by atoms with E-state index in [4.69, 9.17) is 0 Å². The minimum atomic E-state index is 0.622. The fourth-order valence-corrected chi connectivity index (χ4v) is 1.04. The lowest BCUT2D eigenvalue weighted by atomic mass is 10.2. The van der Waals surface area contributed by atoms with Gasteiger partial charge in [-0.3, -0.25) is 0 Å². The summed E-state index contributed by atoms with van der Waals surface area (Å²) < 4.78 is 0. The Hall–Kier alpha value is -0.300. The molecule has 0 N–H and O–H groups in total. The molecule has 0 aliphatic heterocycles. The Morgan fingerprint density at radius 2 is 2.20 bits per heavy atom. The minimum absolute atomic E-state index is 0.622. The Morgan fingerprint density at radius 1 is 1.60 bits per heavy atom. The second kappa shape index (κ2) is 5.48. The van der Waals surface area contributed by atoms with E-state index in [0.29, 0.717) is 5.92 Å². The Labute approximate surface area is 64.7 Å². The van der Waals surface area contributed by atoms with Gasteiger partial charge in [0.25, 0.3) is 0 Å². The van der Waals surface area contributed by atoms with Gasteiger partial charge in [-0.2, -0.15) is 0 Å². The highest BCUT2D eigenvalue weighted by atomic mass is 15.1. The third kappa shape index (κ3) is 4.57. The smallest absolute Gasteiger partial charge is 0.00385 e. The summed E-state index contributed by atoms with van der Waals surface area (Å²) >= 11 is 0. The summed E-state index contributed by atoms with van der Waals surface area (Å²) in [5.41, 5.74) is 0. The maximum atomic E-state index is 3.75. The first kappa shape index (κ1) is 9.70. The van der Waals surface area contributed by atoms with Gasteiger partial charge in [0.2, 0.25) is 0 Å². The lowest BCUT2D eigenvalue weighted by Crippen LogP contribution is -2.24. The van der Waals surface area contributed by atoms with E-state index < -0.39 is 0 Å². The molecule has 0 unspecified atom stereocenters. The van der Waals surface area contributed by atoms with Crippen molar-refractivity contribution >= 4 is 0 Å². The average Bonchev–Trinajstić information content (AvgIpc) is 1.88. The van der Waals surface area contributed by atoms with E-state index in [0.717, 1.165) is 6.54 Å². The van der Waals surface area contributed by atoms with Crippen LogP contribution in [0.5, 0.6) is 0 Å². The Bertz CT molecular complexity index is 88.7. The summed E-state index contributed by atoms with van der Waals surface area (Å²) in [5, 5.41) is 0. The maximum Gasteiger partial charge on any atom is 0.00385 e. The standard InChI is InChI=1S/C9H19N/c1-5-7-10(4)8-9(3)6-2/h6,9H,2,5,7-8H2,1,3-4H3/t9-/m1/s1. The zero-order chi connectivity index (χ0) is 7.98. The topological polar surface area (TPSA) is 3.24 Å². The molecule has 0 fully saturated rings. The van der Waals surface area contributed by atoms with Crippen LogP contribution in [0.4, 0.5) is 0 Å². The SMILES string of the molecule is C=C[C@@H](C)CN(C)CCC. The second-order valence-corrected chi connectivity index (χ2v) is 2.98. The summed E-state index contributed by atoms with van der Waals surface area (Å²) in [6.45, 7) is 10.5. The van der Waals surface area contributed by atoms with Gasteiger partial charge in [0.05, 0.1) is 0 Å². The largest absolute Gasteiger partial charge is 0.306 e. The zero-order valence-corrected chi connectivity index (χ0v) is 7.43. The fraction of sp³-hybridized carbons (Fsp3) is 0.778. The van der Waals surface area contributed by atoms with Gasteiger partial charge in [-0.15, -0.1) is 6.58 Å². The van der Waals surface area contributed by atoms with Crippen molar-refractivity contribution in [2.24, 2.45) is 5.92 Å². The van der Waals surface area contributed by atoms with Gasteiger partial charge in [-0.1, -0.05) is 19.9 Å². The zero-order valence-electron chi connectivity index (χ0n) is 7.43. The van der Waals surface area contributed by atoms with Crippen molar-refractivity contribution in [2.75, 3.05) is 20.1 Å². The fourth-order valence-electron chi connectivity index (χ4n) is 1.04. The van der Waals surface area contributed by atoms with Crippen molar-refractivity contribution in [3.8, 4) is 0 Å². The van der Waals surface area contributed by atoms with E-state index in [-0.39, 0.29) is 0 Å². The molecule has 0 aromatic carbocycles. The van der Waals surface area contributed by atoms with Crippen LogP contribution >= 0.6 is 0 Å². The highest BCUT2D eigenvalue weighted by Crippen LogP contribution is 1.98. The van der Waals surface area contributed by atoms with Gasteiger partial charge in [0, 0.05) is 6.54 Å². The Morgan fingerprint density at radius 3 is 2.60 bits per heavy atom. The molecule has 0 radical (unpaired) electrons. The second-order valence-electron chi connectivity index (χ2n) is 2.98. The maximum absolute atomic E-state index is 3.75. The van der Waals surface area contributed by atoms with Gasteiger partial charge < -0.3 is 4.90 Å². The highest BCUT2D eigenvalue weighted by molar-refractivity contribution is 4.76. The van der Waals surface area contributed by atoms with Crippen molar-refractivity contribution in [2.45, 2.75) is 20.3 Å². The molecule has 0 bridgehead atoms. The minimum Gasteiger partial charge on any atom is -0.306 e. The van der Waals surface area contributed by atoms with Crippen molar-refractivity contribution in [3.63, 3.8) is 0 Å². The van der Waals surface area contributed by atoms with Gasteiger partial charge in [-0.05, 0) is 25.9 Å². The molecule has 0 saturated carbocycles. The molecule has 0 aromatic heterocycles. The molecule has 0 saturated heterocycles. The molecule has 1 atom stereocenters. The van der Waals surface area contributed by atoms with E-state index >= 15 is 0 Å². The van der Waals surface area contributed by atoms with Crippen LogP contribution in [-0.2, 0) is 0 Å². The van der Waals surface area contributed by atoms with Gasteiger partial charge in [0.1, 0.15) is 0 Å². The van der Waals surface area contributed by atoms with E-state index in [1.54, 1.807) is 0 Å². The molecule has 1 heteroatoms. The van der Waals surface area contributed by atoms with Crippen LogP contribution in [-0.4, -0.2) is 25.0 Å². The van der Waals surface area contributed by atoms with Gasteiger partial charge >= 0.3 is 0 Å². The molecule has 1 nitrogen and oxygen atoms in total. The molecule has 0 aromatic rings.